The lowest BCUT2D eigenvalue weighted by Gasteiger charge is -2.31. The van der Waals surface area contributed by atoms with Crippen LogP contribution in [0.5, 0.6) is 0 Å². The van der Waals surface area contributed by atoms with Gasteiger partial charge in [0.1, 0.15) is 0 Å². The minimum atomic E-state index is -0.0186. The molecule has 0 bridgehead atoms. The molecule has 1 fully saturated rings. The van der Waals surface area contributed by atoms with Gasteiger partial charge in [-0.3, -0.25) is 9.89 Å². The van der Waals surface area contributed by atoms with Crippen LogP contribution in [0.4, 0.5) is 0 Å². The van der Waals surface area contributed by atoms with E-state index in [1.807, 2.05) is 4.90 Å². The van der Waals surface area contributed by atoms with Gasteiger partial charge in [-0.25, -0.2) is 0 Å². The van der Waals surface area contributed by atoms with E-state index < -0.39 is 0 Å². The summed E-state index contributed by atoms with van der Waals surface area (Å²) in [7, 11) is 0. The number of carbonyl (C=O) groups excluding carboxylic acids is 1. The molecule has 0 spiro atoms. The summed E-state index contributed by atoms with van der Waals surface area (Å²) in [5, 5.41) is 6.77. The lowest BCUT2D eigenvalue weighted by atomic mass is 9.98. The lowest BCUT2D eigenvalue weighted by molar-refractivity contribution is -0.131. The summed E-state index contributed by atoms with van der Waals surface area (Å²) in [6.07, 6.45) is 1.07. The molecule has 1 saturated heterocycles. The first kappa shape index (κ1) is 14.0. The fourth-order valence-electron chi connectivity index (χ4n) is 2.51. The van der Waals surface area contributed by atoms with Gasteiger partial charge in [-0.2, -0.15) is 5.10 Å². The standard InChI is InChI=1S/C11H17N3OS3/c1-7-4-11(2,3)14(5-7)8(15)6-17-10-13-12-9(16)18-10/h7H,4-6H2,1-3H3,(H,12,16). The van der Waals surface area contributed by atoms with Crippen LogP contribution in [0, 0.1) is 9.87 Å². The number of likely N-dealkylation sites (tertiary alicyclic amines) is 1. The number of H-pyrrole nitrogens is 1. The van der Waals surface area contributed by atoms with Crippen LogP contribution in [0.2, 0.25) is 0 Å². The maximum Gasteiger partial charge on any atom is 0.233 e. The van der Waals surface area contributed by atoms with Crippen molar-refractivity contribution in [2.75, 3.05) is 12.3 Å². The summed E-state index contributed by atoms with van der Waals surface area (Å²) >= 11 is 7.83. The molecule has 2 heterocycles. The van der Waals surface area contributed by atoms with E-state index in [1.165, 1.54) is 23.1 Å². The minimum absolute atomic E-state index is 0.0186. The highest BCUT2D eigenvalue weighted by Gasteiger charge is 2.38. The zero-order chi connectivity index (χ0) is 13.3. The average Bonchev–Trinajstić information content (AvgIpc) is 2.78. The number of hydrogen-bond acceptors (Lipinski definition) is 5. The molecule has 0 saturated carbocycles. The Kier molecular flexibility index (Phi) is 4.13. The Labute approximate surface area is 120 Å². The smallest absolute Gasteiger partial charge is 0.233 e. The fraction of sp³-hybridized carbons (Fsp3) is 0.727. The molecule has 0 aliphatic carbocycles. The van der Waals surface area contributed by atoms with E-state index in [9.17, 15) is 4.79 Å². The van der Waals surface area contributed by atoms with Crippen molar-refractivity contribution in [1.29, 1.82) is 0 Å². The number of amides is 1. The SMILES string of the molecule is CC1CN(C(=O)CSc2n[nH]c(=S)s2)C(C)(C)C1. The van der Waals surface area contributed by atoms with Gasteiger partial charge >= 0.3 is 0 Å². The molecular formula is C11H17N3OS3. The van der Waals surface area contributed by atoms with Crippen LogP contribution < -0.4 is 0 Å². The average molecular weight is 303 g/mol. The molecule has 1 aliphatic heterocycles. The predicted octanol–water partition coefficient (Wildman–Crippen LogP) is 2.94. The van der Waals surface area contributed by atoms with Gasteiger partial charge in [0, 0.05) is 12.1 Å². The molecule has 1 amide bonds. The summed E-state index contributed by atoms with van der Waals surface area (Å²) in [5.41, 5.74) is -0.0186. The van der Waals surface area contributed by atoms with Gasteiger partial charge in [-0.05, 0) is 38.4 Å². The van der Waals surface area contributed by atoms with Crippen molar-refractivity contribution < 1.29 is 4.79 Å². The highest BCUT2D eigenvalue weighted by molar-refractivity contribution is 8.01. The highest BCUT2D eigenvalue weighted by Crippen LogP contribution is 2.33. The molecule has 2 rings (SSSR count). The zero-order valence-electron chi connectivity index (χ0n) is 10.7. The van der Waals surface area contributed by atoms with Gasteiger partial charge in [-0.15, -0.1) is 0 Å². The quantitative estimate of drug-likeness (QED) is 0.689. The molecule has 1 N–H and O–H groups in total. The molecule has 1 aliphatic rings. The first-order valence-corrected chi connectivity index (χ1v) is 8.08. The maximum absolute atomic E-state index is 12.2. The summed E-state index contributed by atoms with van der Waals surface area (Å²) in [4.78, 5) is 14.2. The first-order valence-electron chi connectivity index (χ1n) is 5.87. The van der Waals surface area contributed by atoms with Crippen LogP contribution in [-0.4, -0.2) is 38.8 Å². The molecule has 1 aromatic rings. The molecule has 7 heteroatoms. The van der Waals surface area contributed by atoms with Gasteiger partial charge in [0.05, 0.1) is 5.75 Å². The molecule has 1 atom stereocenters. The number of thioether (sulfide) groups is 1. The van der Waals surface area contributed by atoms with Crippen LogP contribution in [0.3, 0.4) is 0 Å². The second-order valence-corrected chi connectivity index (χ2v) is 8.18. The fourth-order valence-corrected chi connectivity index (χ4v) is 4.46. The molecule has 0 aromatic carbocycles. The Morgan fingerprint density at radius 1 is 1.72 bits per heavy atom. The second kappa shape index (κ2) is 5.30. The van der Waals surface area contributed by atoms with Gasteiger partial charge in [0.2, 0.25) is 5.91 Å². The normalized spacial score (nSPS) is 22.4. The van der Waals surface area contributed by atoms with E-state index in [2.05, 4.69) is 31.0 Å². The molecule has 18 heavy (non-hydrogen) atoms. The Morgan fingerprint density at radius 2 is 2.44 bits per heavy atom. The van der Waals surface area contributed by atoms with Crippen molar-refractivity contribution in [2.45, 2.75) is 37.1 Å². The first-order chi connectivity index (χ1) is 8.38. The third-order valence-electron chi connectivity index (χ3n) is 3.11. The van der Waals surface area contributed by atoms with Crippen LogP contribution >= 0.6 is 35.3 Å². The van der Waals surface area contributed by atoms with Crippen molar-refractivity contribution in [3.05, 3.63) is 3.95 Å². The minimum Gasteiger partial charge on any atom is -0.337 e. The summed E-state index contributed by atoms with van der Waals surface area (Å²) in [6.45, 7) is 7.33. The van der Waals surface area contributed by atoms with E-state index in [1.54, 1.807) is 0 Å². The topological polar surface area (TPSA) is 49.0 Å². The Morgan fingerprint density at radius 3 is 2.94 bits per heavy atom. The number of nitrogens with one attached hydrogen (secondary N) is 1. The molecule has 0 radical (unpaired) electrons. The summed E-state index contributed by atoms with van der Waals surface area (Å²) in [6, 6.07) is 0. The zero-order valence-corrected chi connectivity index (χ0v) is 13.2. The van der Waals surface area contributed by atoms with Crippen molar-refractivity contribution in [3.8, 4) is 0 Å². The highest BCUT2D eigenvalue weighted by atomic mass is 32.2. The largest absolute Gasteiger partial charge is 0.337 e. The third kappa shape index (κ3) is 3.13. The maximum atomic E-state index is 12.2. The van der Waals surface area contributed by atoms with Crippen molar-refractivity contribution >= 4 is 41.2 Å². The van der Waals surface area contributed by atoms with Crippen LogP contribution in [-0.2, 0) is 4.79 Å². The van der Waals surface area contributed by atoms with Gasteiger partial charge < -0.3 is 4.90 Å². The second-order valence-electron chi connectivity index (χ2n) is 5.29. The number of carbonyl (C=O) groups is 1. The number of aromatic nitrogens is 2. The third-order valence-corrected chi connectivity index (χ3v) is 5.33. The van der Waals surface area contributed by atoms with Crippen molar-refractivity contribution in [3.63, 3.8) is 0 Å². The predicted molar refractivity (Wildman–Crippen MR) is 77.6 cm³/mol. The number of hydrogen-bond donors (Lipinski definition) is 1. The van der Waals surface area contributed by atoms with Gasteiger partial charge in [-0.1, -0.05) is 30.0 Å². The lowest BCUT2D eigenvalue weighted by Crippen LogP contribution is -2.43. The van der Waals surface area contributed by atoms with Crippen LogP contribution in [0.15, 0.2) is 4.34 Å². The molecule has 100 valence electrons. The van der Waals surface area contributed by atoms with Crippen LogP contribution in [0.25, 0.3) is 0 Å². The number of aromatic amines is 1. The summed E-state index contributed by atoms with van der Waals surface area (Å²) < 4.78 is 1.48. The van der Waals surface area contributed by atoms with E-state index in [0.717, 1.165) is 17.3 Å². The van der Waals surface area contributed by atoms with Gasteiger partial charge in [0.15, 0.2) is 8.29 Å². The van der Waals surface area contributed by atoms with E-state index in [4.69, 9.17) is 12.2 Å². The number of rotatable bonds is 3. The monoisotopic (exact) mass is 303 g/mol. The molecular weight excluding hydrogens is 286 g/mol. The molecule has 1 aromatic heterocycles. The van der Waals surface area contributed by atoms with Crippen molar-refractivity contribution in [2.24, 2.45) is 5.92 Å². The molecule has 4 nitrogen and oxygen atoms in total. The van der Waals surface area contributed by atoms with E-state index >= 15 is 0 Å². The van der Waals surface area contributed by atoms with Crippen molar-refractivity contribution in [1.82, 2.24) is 15.1 Å². The van der Waals surface area contributed by atoms with E-state index in [-0.39, 0.29) is 11.4 Å². The molecule has 1 unspecified atom stereocenters. The Bertz CT molecular complexity index is 494. The van der Waals surface area contributed by atoms with Crippen LogP contribution in [0.1, 0.15) is 27.2 Å². The van der Waals surface area contributed by atoms with Gasteiger partial charge in [0.25, 0.3) is 0 Å². The Balaban J connectivity index is 1.94. The Hall–Kier alpha value is -0.400. The van der Waals surface area contributed by atoms with E-state index in [0.29, 0.717) is 15.6 Å². The number of nitrogens with zero attached hydrogens (tertiary/aromatic N) is 2. The summed E-state index contributed by atoms with van der Waals surface area (Å²) in [5.74, 6) is 1.21.